The van der Waals surface area contributed by atoms with Crippen LogP contribution >= 0.6 is 0 Å². The second kappa shape index (κ2) is 7.14. The minimum atomic E-state index is -0.0443. The summed E-state index contributed by atoms with van der Waals surface area (Å²) in [4.78, 5) is 30.5. The first-order valence-corrected chi connectivity index (χ1v) is 9.57. The van der Waals surface area contributed by atoms with E-state index in [1.165, 1.54) is 32.1 Å². The molecule has 7 nitrogen and oxygen atoms in total. The number of nitrogens with one attached hydrogen (secondary N) is 1. The number of hydrogen-bond donors (Lipinski definition) is 1. The van der Waals surface area contributed by atoms with Gasteiger partial charge in [-0.2, -0.15) is 4.98 Å². The van der Waals surface area contributed by atoms with Crippen molar-refractivity contribution in [3.05, 3.63) is 11.7 Å². The van der Waals surface area contributed by atoms with Gasteiger partial charge in [-0.1, -0.05) is 24.4 Å². The summed E-state index contributed by atoms with van der Waals surface area (Å²) in [6, 6.07) is 0.288. The van der Waals surface area contributed by atoms with Crippen molar-refractivity contribution in [2.75, 3.05) is 13.1 Å². The lowest BCUT2D eigenvalue weighted by Crippen LogP contribution is -2.37. The number of aromatic nitrogens is 2. The van der Waals surface area contributed by atoms with Gasteiger partial charge in [-0.3, -0.25) is 9.59 Å². The van der Waals surface area contributed by atoms with E-state index in [1.807, 2.05) is 4.90 Å². The summed E-state index contributed by atoms with van der Waals surface area (Å²) >= 11 is 0. The monoisotopic (exact) mass is 346 g/mol. The molecule has 2 aliphatic carbocycles. The maximum absolute atomic E-state index is 12.1. The molecule has 2 heterocycles. The SMILES string of the molecule is O=C(Cc1noc([C@H]2CC(=O)N(CC3CC3)C2)n1)NC1CCCCC1. The summed E-state index contributed by atoms with van der Waals surface area (Å²) in [7, 11) is 0. The van der Waals surface area contributed by atoms with Crippen LogP contribution in [0.15, 0.2) is 4.52 Å². The fourth-order valence-corrected chi connectivity index (χ4v) is 3.90. The van der Waals surface area contributed by atoms with Crippen LogP contribution in [0.1, 0.15) is 69.0 Å². The van der Waals surface area contributed by atoms with Crippen LogP contribution in [0, 0.1) is 5.92 Å². The van der Waals surface area contributed by atoms with E-state index < -0.39 is 0 Å². The zero-order valence-electron chi connectivity index (χ0n) is 14.6. The van der Waals surface area contributed by atoms with Gasteiger partial charge in [0.2, 0.25) is 17.7 Å². The molecule has 2 amide bonds. The Hall–Kier alpha value is -1.92. The van der Waals surface area contributed by atoms with E-state index in [2.05, 4.69) is 15.5 Å². The molecule has 3 aliphatic rings. The highest BCUT2D eigenvalue weighted by atomic mass is 16.5. The molecule has 1 saturated heterocycles. The molecule has 4 rings (SSSR count). The van der Waals surface area contributed by atoms with E-state index in [4.69, 9.17) is 4.52 Å². The topological polar surface area (TPSA) is 88.3 Å². The number of amides is 2. The van der Waals surface area contributed by atoms with Crippen molar-refractivity contribution in [3.63, 3.8) is 0 Å². The Morgan fingerprint density at radius 1 is 1.20 bits per heavy atom. The molecule has 1 aliphatic heterocycles. The van der Waals surface area contributed by atoms with Gasteiger partial charge in [-0.25, -0.2) is 0 Å². The van der Waals surface area contributed by atoms with Crippen molar-refractivity contribution in [1.29, 1.82) is 0 Å². The molecule has 1 aromatic rings. The molecule has 0 spiro atoms. The van der Waals surface area contributed by atoms with E-state index in [-0.39, 0.29) is 30.2 Å². The maximum atomic E-state index is 12.1. The molecule has 1 N–H and O–H groups in total. The van der Waals surface area contributed by atoms with E-state index >= 15 is 0 Å². The summed E-state index contributed by atoms with van der Waals surface area (Å²) in [6.07, 6.45) is 8.79. The molecule has 7 heteroatoms. The van der Waals surface area contributed by atoms with Crippen LogP contribution < -0.4 is 5.32 Å². The molecule has 0 radical (unpaired) electrons. The van der Waals surface area contributed by atoms with Crippen LogP contribution in [0.25, 0.3) is 0 Å². The first kappa shape index (κ1) is 16.5. The van der Waals surface area contributed by atoms with Crippen LogP contribution in [-0.2, 0) is 16.0 Å². The number of nitrogens with zero attached hydrogens (tertiary/aromatic N) is 3. The summed E-state index contributed by atoms with van der Waals surface area (Å²) in [6.45, 7) is 1.52. The molecule has 0 aromatic carbocycles. The molecular weight excluding hydrogens is 320 g/mol. The summed E-state index contributed by atoms with van der Waals surface area (Å²) < 4.78 is 5.34. The highest BCUT2D eigenvalue weighted by Gasteiger charge is 2.37. The van der Waals surface area contributed by atoms with Crippen molar-refractivity contribution in [3.8, 4) is 0 Å². The van der Waals surface area contributed by atoms with Crippen molar-refractivity contribution >= 4 is 11.8 Å². The Bertz CT molecular complexity index is 634. The maximum Gasteiger partial charge on any atom is 0.232 e. The zero-order chi connectivity index (χ0) is 17.2. The average molecular weight is 346 g/mol. The van der Waals surface area contributed by atoms with Crippen LogP contribution in [0.5, 0.6) is 0 Å². The Morgan fingerprint density at radius 3 is 2.76 bits per heavy atom. The van der Waals surface area contributed by atoms with Gasteiger partial charge in [0.15, 0.2) is 5.82 Å². The van der Waals surface area contributed by atoms with Gasteiger partial charge in [0.25, 0.3) is 0 Å². The highest BCUT2D eigenvalue weighted by Crippen LogP contribution is 2.34. The molecule has 3 fully saturated rings. The Kier molecular flexibility index (Phi) is 4.72. The predicted molar refractivity (Wildman–Crippen MR) is 89.7 cm³/mol. The zero-order valence-corrected chi connectivity index (χ0v) is 14.6. The third-order valence-electron chi connectivity index (χ3n) is 5.51. The standard InChI is InChI=1S/C18H26N4O3/c23-16(19-14-4-2-1-3-5-14)9-15-20-18(25-21-15)13-8-17(24)22(11-13)10-12-6-7-12/h12-14H,1-11H2,(H,19,23)/t13-/m0/s1. The fraction of sp³-hybridized carbons (Fsp3) is 0.778. The summed E-state index contributed by atoms with van der Waals surface area (Å²) in [5, 5.41) is 7.01. The Balaban J connectivity index is 1.29. The summed E-state index contributed by atoms with van der Waals surface area (Å²) in [5.41, 5.74) is 0. The Morgan fingerprint density at radius 2 is 2.00 bits per heavy atom. The number of hydrogen-bond acceptors (Lipinski definition) is 5. The molecule has 1 aromatic heterocycles. The number of carbonyl (C=O) groups excluding carboxylic acids is 2. The third kappa shape index (κ3) is 4.19. The largest absolute Gasteiger partial charge is 0.353 e. The van der Waals surface area contributed by atoms with Gasteiger partial charge in [0.1, 0.15) is 0 Å². The highest BCUT2D eigenvalue weighted by molar-refractivity contribution is 5.79. The lowest BCUT2D eigenvalue weighted by molar-refractivity contribution is -0.128. The number of likely N-dealkylation sites (tertiary alicyclic amines) is 1. The van der Waals surface area contributed by atoms with Gasteiger partial charge in [-0.05, 0) is 31.6 Å². The smallest absolute Gasteiger partial charge is 0.232 e. The van der Waals surface area contributed by atoms with Gasteiger partial charge in [0.05, 0.1) is 12.3 Å². The molecule has 2 saturated carbocycles. The quantitative estimate of drug-likeness (QED) is 0.848. The lowest BCUT2D eigenvalue weighted by atomic mass is 9.95. The van der Waals surface area contributed by atoms with E-state index in [9.17, 15) is 9.59 Å². The van der Waals surface area contributed by atoms with Crippen molar-refractivity contribution in [1.82, 2.24) is 20.4 Å². The van der Waals surface area contributed by atoms with Crippen LogP contribution in [0.4, 0.5) is 0 Å². The van der Waals surface area contributed by atoms with Gasteiger partial charge in [-0.15, -0.1) is 0 Å². The van der Waals surface area contributed by atoms with Crippen molar-refractivity contribution < 1.29 is 14.1 Å². The van der Waals surface area contributed by atoms with Crippen LogP contribution in [0.3, 0.4) is 0 Å². The van der Waals surface area contributed by atoms with E-state index in [0.717, 1.165) is 19.4 Å². The normalized spacial score (nSPS) is 24.7. The van der Waals surface area contributed by atoms with Gasteiger partial charge in [0, 0.05) is 25.6 Å². The molecule has 25 heavy (non-hydrogen) atoms. The minimum Gasteiger partial charge on any atom is -0.353 e. The first-order valence-electron chi connectivity index (χ1n) is 9.57. The lowest BCUT2D eigenvalue weighted by Gasteiger charge is -2.22. The van der Waals surface area contributed by atoms with Crippen LogP contribution in [0.2, 0.25) is 0 Å². The van der Waals surface area contributed by atoms with Gasteiger partial charge < -0.3 is 14.7 Å². The molecule has 1 atom stereocenters. The van der Waals surface area contributed by atoms with E-state index in [1.54, 1.807) is 0 Å². The Labute approximate surface area is 147 Å². The minimum absolute atomic E-state index is 0.0334. The first-order chi connectivity index (χ1) is 12.2. The third-order valence-corrected chi connectivity index (χ3v) is 5.51. The van der Waals surface area contributed by atoms with Gasteiger partial charge >= 0.3 is 0 Å². The molecule has 0 bridgehead atoms. The average Bonchev–Trinajstić information content (AvgIpc) is 3.17. The van der Waals surface area contributed by atoms with Crippen LogP contribution in [-0.4, -0.2) is 46.0 Å². The number of carbonyl (C=O) groups is 2. The predicted octanol–water partition coefficient (Wildman–Crippen LogP) is 1.79. The summed E-state index contributed by atoms with van der Waals surface area (Å²) in [5.74, 6) is 1.69. The molecular formula is C18H26N4O3. The number of rotatable bonds is 6. The second-order valence-electron chi connectivity index (χ2n) is 7.77. The molecule has 0 unspecified atom stereocenters. The fourth-order valence-electron chi connectivity index (χ4n) is 3.90. The van der Waals surface area contributed by atoms with Crippen molar-refractivity contribution in [2.45, 2.75) is 69.7 Å². The second-order valence-corrected chi connectivity index (χ2v) is 7.77. The molecule has 136 valence electrons. The van der Waals surface area contributed by atoms with E-state index in [0.29, 0.717) is 30.6 Å². The van der Waals surface area contributed by atoms with Crippen molar-refractivity contribution in [2.24, 2.45) is 5.92 Å².